The number of carbonyl (C=O) groups excluding carboxylic acids is 4. The number of alkyl carbamates (subject to hydrolysis) is 1. The molecule has 12 heteroatoms. The predicted molar refractivity (Wildman–Crippen MR) is 213 cm³/mol. The predicted octanol–water partition coefficient (Wildman–Crippen LogP) is 5.87. The van der Waals surface area contributed by atoms with Gasteiger partial charge in [0.25, 0.3) is 0 Å². The number of aliphatic hydroxyl groups excluding tert-OH is 1. The van der Waals surface area contributed by atoms with Crippen LogP contribution in [0.2, 0.25) is 0 Å². The summed E-state index contributed by atoms with van der Waals surface area (Å²) in [6.07, 6.45) is 3.90. The molecule has 1 aliphatic heterocycles. The molecule has 2 rings (SSSR count). The third kappa shape index (κ3) is 17.0. The van der Waals surface area contributed by atoms with Crippen molar-refractivity contribution in [2.75, 3.05) is 18.6 Å². The minimum atomic E-state index is -1.00. The summed E-state index contributed by atoms with van der Waals surface area (Å²) in [6.45, 7) is 19.5. The molecule has 1 fully saturated rings. The molecule has 1 aromatic rings. The molecule has 1 aromatic carbocycles. The van der Waals surface area contributed by atoms with Gasteiger partial charge in [-0.25, -0.2) is 4.79 Å². The van der Waals surface area contributed by atoms with Crippen LogP contribution in [-0.4, -0.2) is 89.5 Å². The van der Waals surface area contributed by atoms with Gasteiger partial charge in [0, 0.05) is 12.5 Å². The minimum absolute atomic E-state index is 0.102. The maximum Gasteiger partial charge on any atom is 0.408 e. The normalized spacial score (nSPS) is 19.8. The fourth-order valence-corrected chi connectivity index (χ4v) is 7.22. The molecular weight excluding hydrogens is 693 g/mol. The van der Waals surface area contributed by atoms with Gasteiger partial charge in [0.1, 0.15) is 17.7 Å². The molecule has 0 saturated carbocycles. The Balaban J connectivity index is 2.10. The third-order valence-electron chi connectivity index (χ3n) is 9.64. The largest absolute Gasteiger partial charge is 0.444 e. The van der Waals surface area contributed by atoms with Gasteiger partial charge >= 0.3 is 6.09 Å². The summed E-state index contributed by atoms with van der Waals surface area (Å²) in [7, 11) is 0. The van der Waals surface area contributed by atoms with Gasteiger partial charge in [0.2, 0.25) is 17.7 Å². The maximum absolute atomic E-state index is 13.8. The molecule has 0 radical (unpaired) electrons. The number of ether oxygens (including phenoxy) is 2. The molecule has 0 aliphatic carbocycles. The van der Waals surface area contributed by atoms with E-state index in [-0.39, 0.29) is 42.2 Å². The SMILES string of the molecule is CSCC[C@H](NC(=O)[C@@H](NC(=O)OC(C)(C)C)C(C)C)C(=O)N[C@@H](CC(C)C)[C@@H](O)C[C@@H](C)C(=O)N[C@@H](C(C)C)[C@H]1C[C@@H](Cc2ccccc2)CCO1. The number of hydrogen-bond donors (Lipinski definition) is 5. The molecule has 1 heterocycles. The lowest BCUT2D eigenvalue weighted by Gasteiger charge is -2.37. The first-order valence-corrected chi connectivity index (χ1v) is 20.9. The van der Waals surface area contributed by atoms with Crippen LogP contribution in [-0.2, 0) is 30.3 Å². The first kappa shape index (κ1) is 46.3. The highest BCUT2D eigenvalue weighted by atomic mass is 32.2. The molecular formula is C41H70N4O7S. The number of nitrogens with one attached hydrogen (secondary N) is 4. The fraction of sp³-hybridized carbons (Fsp3) is 0.756. The van der Waals surface area contributed by atoms with Crippen molar-refractivity contribution in [3.05, 3.63) is 35.9 Å². The third-order valence-corrected chi connectivity index (χ3v) is 10.3. The molecule has 4 amide bonds. The molecule has 53 heavy (non-hydrogen) atoms. The van der Waals surface area contributed by atoms with Gasteiger partial charge in [-0.1, -0.05) is 78.8 Å². The van der Waals surface area contributed by atoms with Crippen LogP contribution in [0.25, 0.3) is 0 Å². The van der Waals surface area contributed by atoms with E-state index in [2.05, 4.69) is 59.4 Å². The zero-order valence-corrected chi connectivity index (χ0v) is 35.0. The van der Waals surface area contributed by atoms with E-state index in [1.807, 2.05) is 26.2 Å². The monoisotopic (exact) mass is 762 g/mol. The summed E-state index contributed by atoms with van der Waals surface area (Å²) in [5.41, 5.74) is 0.571. The second kappa shape index (κ2) is 22.5. The van der Waals surface area contributed by atoms with E-state index < -0.39 is 53.7 Å². The molecule has 11 nitrogen and oxygen atoms in total. The van der Waals surface area contributed by atoms with Gasteiger partial charge in [-0.2, -0.15) is 11.8 Å². The fourth-order valence-electron chi connectivity index (χ4n) is 6.75. The summed E-state index contributed by atoms with van der Waals surface area (Å²) < 4.78 is 11.6. The Bertz CT molecular complexity index is 1270. The van der Waals surface area contributed by atoms with Crippen LogP contribution in [0.5, 0.6) is 0 Å². The average molecular weight is 763 g/mol. The van der Waals surface area contributed by atoms with Crippen LogP contribution in [0.3, 0.4) is 0 Å². The van der Waals surface area contributed by atoms with E-state index in [1.54, 1.807) is 53.3 Å². The Labute approximate surface area is 323 Å². The van der Waals surface area contributed by atoms with Gasteiger partial charge in [0.15, 0.2) is 0 Å². The van der Waals surface area contributed by atoms with Gasteiger partial charge in [0.05, 0.1) is 24.3 Å². The number of aliphatic hydroxyl groups is 1. The summed E-state index contributed by atoms with van der Waals surface area (Å²) in [6, 6.07) is 7.83. The molecule has 0 bridgehead atoms. The van der Waals surface area contributed by atoms with Crippen LogP contribution < -0.4 is 21.3 Å². The Morgan fingerprint density at radius 1 is 0.887 bits per heavy atom. The lowest BCUT2D eigenvalue weighted by atomic mass is 9.84. The van der Waals surface area contributed by atoms with Crippen LogP contribution >= 0.6 is 11.8 Å². The lowest BCUT2D eigenvalue weighted by Crippen LogP contribution is -2.58. The van der Waals surface area contributed by atoms with Crippen molar-refractivity contribution in [1.82, 2.24) is 21.3 Å². The number of thioether (sulfide) groups is 1. The summed E-state index contributed by atoms with van der Waals surface area (Å²) in [5, 5.41) is 23.3. The number of benzene rings is 1. The van der Waals surface area contributed by atoms with Crippen LogP contribution in [0, 0.1) is 29.6 Å². The maximum atomic E-state index is 13.8. The zero-order chi connectivity index (χ0) is 39.9. The molecule has 0 aromatic heterocycles. The highest BCUT2D eigenvalue weighted by molar-refractivity contribution is 7.98. The van der Waals surface area contributed by atoms with Crippen molar-refractivity contribution in [3.63, 3.8) is 0 Å². The smallest absolute Gasteiger partial charge is 0.408 e. The van der Waals surface area contributed by atoms with E-state index in [9.17, 15) is 24.3 Å². The summed E-state index contributed by atoms with van der Waals surface area (Å²) in [5.74, 6) is -0.519. The van der Waals surface area contributed by atoms with Crippen molar-refractivity contribution >= 4 is 35.6 Å². The quantitative estimate of drug-likeness (QED) is 0.111. The van der Waals surface area contributed by atoms with Crippen molar-refractivity contribution in [2.24, 2.45) is 29.6 Å². The van der Waals surface area contributed by atoms with E-state index >= 15 is 0 Å². The van der Waals surface area contributed by atoms with Crippen molar-refractivity contribution in [3.8, 4) is 0 Å². The van der Waals surface area contributed by atoms with Crippen LogP contribution in [0.4, 0.5) is 4.79 Å². The molecule has 302 valence electrons. The Hall–Kier alpha value is -2.83. The van der Waals surface area contributed by atoms with E-state index in [0.29, 0.717) is 31.1 Å². The van der Waals surface area contributed by atoms with Crippen molar-refractivity contribution < 1.29 is 33.8 Å². The van der Waals surface area contributed by atoms with Crippen LogP contribution in [0.1, 0.15) is 107 Å². The van der Waals surface area contributed by atoms with Crippen molar-refractivity contribution in [2.45, 2.75) is 150 Å². The second-order valence-electron chi connectivity index (χ2n) is 16.9. The first-order valence-electron chi connectivity index (χ1n) is 19.5. The number of hydrogen-bond acceptors (Lipinski definition) is 8. The Morgan fingerprint density at radius 3 is 2.11 bits per heavy atom. The average Bonchev–Trinajstić information content (AvgIpc) is 3.06. The van der Waals surface area contributed by atoms with Crippen molar-refractivity contribution in [1.29, 1.82) is 0 Å². The van der Waals surface area contributed by atoms with Gasteiger partial charge < -0.3 is 35.8 Å². The standard InChI is InChI=1S/C41H70N4O7S/c1-25(2)21-32(43-38(48)31(18-20-53-11)42-39(49)36(27(5)6)45-40(50)52-41(8,9)10)33(46)22-28(7)37(47)44-35(26(3)4)34-24-30(17-19-51-34)23-29-15-13-12-14-16-29/h12-16,25-28,30-36,46H,17-24H2,1-11H3,(H,42,49)(H,43,48)(H,44,47)(H,45,50)/t28-,30-,31+,32+,33+,34-,35+,36+/m1/s1. The minimum Gasteiger partial charge on any atom is -0.444 e. The molecule has 1 saturated heterocycles. The van der Waals surface area contributed by atoms with Crippen LogP contribution in [0.15, 0.2) is 30.3 Å². The molecule has 5 N–H and O–H groups in total. The lowest BCUT2D eigenvalue weighted by molar-refractivity contribution is -0.132. The zero-order valence-electron chi connectivity index (χ0n) is 34.2. The number of carbonyl (C=O) groups is 4. The summed E-state index contributed by atoms with van der Waals surface area (Å²) >= 11 is 1.55. The van der Waals surface area contributed by atoms with E-state index in [0.717, 1.165) is 19.3 Å². The molecule has 8 atom stereocenters. The second-order valence-corrected chi connectivity index (χ2v) is 17.9. The number of rotatable bonds is 20. The Kier molecular flexibility index (Phi) is 19.7. The van der Waals surface area contributed by atoms with Gasteiger partial charge in [-0.05, 0) is 101 Å². The topological polar surface area (TPSA) is 155 Å². The van der Waals surface area contributed by atoms with Gasteiger partial charge in [-0.15, -0.1) is 0 Å². The molecule has 0 unspecified atom stereocenters. The number of amides is 4. The van der Waals surface area contributed by atoms with E-state index in [4.69, 9.17) is 9.47 Å². The highest BCUT2D eigenvalue weighted by Gasteiger charge is 2.36. The molecule has 1 aliphatic rings. The van der Waals surface area contributed by atoms with E-state index in [1.165, 1.54) is 5.56 Å². The molecule has 0 spiro atoms. The highest BCUT2D eigenvalue weighted by Crippen LogP contribution is 2.28. The van der Waals surface area contributed by atoms with Gasteiger partial charge in [-0.3, -0.25) is 14.4 Å². The Morgan fingerprint density at radius 2 is 1.55 bits per heavy atom. The summed E-state index contributed by atoms with van der Waals surface area (Å²) in [4.78, 5) is 53.4. The first-order chi connectivity index (χ1) is 24.8.